The summed E-state index contributed by atoms with van der Waals surface area (Å²) in [7, 11) is 8.78. The highest BCUT2D eigenvalue weighted by molar-refractivity contribution is 8.76. The van der Waals surface area contributed by atoms with Crippen LogP contribution < -0.4 is 0 Å². The van der Waals surface area contributed by atoms with Crippen LogP contribution in [0, 0.1) is 0 Å². The van der Waals surface area contributed by atoms with Crippen molar-refractivity contribution in [2.24, 2.45) is 0 Å². The summed E-state index contributed by atoms with van der Waals surface area (Å²) in [5, 5.41) is 0. The van der Waals surface area contributed by atoms with E-state index in [1.807, 2.05) is 13.8 Å². The summed E-state index contributed by atoms with van der Waals surface area (Å²) < 4.78 is 0. The summed E-state index contributed by atoms with van der Waals surface area (Å²) in [4.78, 5) is 5.09. The lowest BCUT2D eigenvalue weighted by molar-refractivity contribution is 0.342. The van der Waals surface area contributed by atoms with Gasteiger partial charge < -0.3 is 9.80 Å². The van der Waals surface area contributed by atoms with Crippen molar-refractivity contribution in [2.75, 3.05) is 51.8 Å². The van der Waals surface area contributed by atoms with Gasteiger partial charge in [-0.2, -0.15) is 0 Å². The molecule has 0 aliphatic carbocycles. The van der Waals surface area contributed by atoms with Crippen molar-refractivity contribution < 1.29 is 0 Å². The summed E-state index contributed by atoms with van der Waals surface area (Å²) in [6.45, 7) is 13.7. The summed E-state index contributed by atoms with van der Waals surface area (Å²) in [6, 6.07) is 0. The standard InChI is InChI=1S/C35H74N2S2.C2H6/c1-5-7-9-11-13-15-16-17-18-19-20-21-23-25-27-29-31-37(4)33-35-39-38-34-32-36(3)30-28-26-24-22-14-12-10-8-6-2;1-2/h5-35H2,1-4H3;1-2H3. The van der Waals surface area contributed by atoms with Crippen molar-refractivity contribution in [1.82, 2.24) is 9.80 Å². The second kappa shape index (κ2) is 40.6. The van der Waals surface area contributed by atoms with Gasteiger partial charge in [-0.1, -0.05) is 197 Å². The Morgan fingerprint density at radius 1 is 0.317 bits per heavy atom. The number of hydrogen-bond donors (Lipinski definition) is 0. The lowest BCUT2D eigenvalue weighted by atomic mass is 10.0. The molecule has 0 saturated heterocycles. The zero-order chi connectivity index (χ0) is 30.5. The molecule has 0 radical (unpaired) electrons. The molecule has 0 fully saturated rings. The second-order valence-electron chi connectivity index (χ2n) is 12.4. The van der Waals surface area contributed by atoms with Crippen molar-refractivity contribution in [3.63, 3.8) is 0 Å². The maximum absolute atomic E-state index is 2.55. The van der Waals surface area contributed by atoms with E-state index in [9.17, 15) is 0 Å². The molecule has 4 heteroatoms. The molecule has 0 aromatic carbocycles. The molecule has 0 unspecified atom stereocenters. The molecule has 41 heavy (non-hydrogen) atoms. The van der Waals surface area contributed by atoms with E-state index in [1.165, 1.54) is 198 Å². The molecule has 0 N–H and O–H groups in total. The molecule has 0 aromatic rings. The van der Waals surface area contributed by atoms with E-state index in [2.05, 4.69) is 59.3 Å². The van der Waals surface area contributed by atoms with E-state index >= 15 is 0 Å². The van der Waals surface area contributed by atoms with Crippen molar-refractivity contribution in [1.29, 1.82) is 0 Å². The average molecular weight is 617 g/mol. The molecule has 2 nitrogen and oxygen atoms in total. The molecule has 0 atom stereocenters. The van der Waals surface area contributed by atoms with E-state index in [0.717, 1.165) is 0 Å². The molecule has 0 heterocycles. The molecular formula is C37H80N2S2. The molecule has 0 bridgehead atoms. The van der Waals surface area contributed by atoms with Gasteiger partial charge >= 0.3 is 0 Å². The van der Waals surface area contributed by atoms with Crippen molar-refractivity contribution in [3.05, 3.63) is 0 Å². The van der Waals surface area contributed by atoms with Crippen molar-refractivity contribution >= 4 is 21.6 Å². The molecule has 250 valence electrons. The summed E-state index contributed by atoms with van der Waals surface area (Å²) >= 11 is 0. The predicted molar refractivity (Wildman–Crippen MR) is 198 cm³/mol. The van der Waals surface area contributed by atoms with E-state index in [4.69, 9.17) is 0 Å². The Hall–Kier alpha value is 0.620. The summed E-state index contributed by atoms with van der Waals surface area (Å²) in [5.41, 5.74) is 0. The third-order valence-corrected chi connectivity index (χ3v) is 10.6. The van der Waals surface area contributed by atoms with Gasteiger partial charge in [0.1, 0.15) is 0 Å². The van der Waals surface area contributed by atoms with Gasteiger partial charge in [-0.25, -0.2) is 0 Å². The molecule has 0 aliphatic rings. The first-order chi connectivity index (χ1) is 20.2. The van der Waals surface area contributed by atoms with Crippen LogP contribution in [0.3, 0.4) is 0 Å². The molecule has 0 saturated carbocycles. The zero-order valence-corrected chi connectivity index (χ0v) is 31.3. The number of rotatable bonds is 34. The third kappa shape index (κ3) is 40.6. The fourth-order valence-electron chi connectivity index (χ4n) is 5.35. The second-order valence-corrected chi connectivity index (χ2v) is 15.1. The van der Waals surface area contributed by atoms with Gasteiger partial charge in [-0.05, 0) is 40.0 Å². The minimum atomic E-state index is 1.24. The molecule has 0 rings (SSSR count). The highest BCUT2D eigenvalue weighted by Crippen LogP contribution is 2.21. The Balaban J connectivity index is 0. The molecule has 0 spiro atoms. The van der Waals surface area contributed by atoms with Crippen LogP contribution in [0.4, 0.5) is 0 Å². The van der Waals surface area contributed by atoms with Crippen LogP contribution in [0.1, 0.15) is 188 Å². The Labute approximate surface area is 270 Å². The minimum absolute atomic E-state index is 1.24. The Kier molecular flexibility index (Phi) is 43.3. The quantitative estimate of drug-likeness (QED) is 0.0524. The van der Waals surface area contributed by atoms with Crippen LogP contribution in [0.15, 0.2) is 0 Å². The molecule has 0 aliphatic heterocycles. The van der Waals surface area contributed by atoms with E-state index < -0.39 is 0 Å². The normalized spacial score (nSPS) is 11.4. The average Bonchev–Trinajstić information content (AvgIpc) is 2.98. The Bertz CT molecular complexity index is 435. The van der Waals surface area contributed by atoms with E-state index in [0.29, 0.717) is 0 Å². The van der Waals surface area contributed by atoms with Crippen LogP contribution in [0.25, 0.3) is 0 Å². The van der Waals surface area contributed by atoms with Crippen LogP contribution in [0.2, 0.25) is 0 Å². The number of hydrogen-bond acceptors (Lipinski definition) is 4. The zero-order valence-electron chi connectivity index (χ0n) is 29.6. The van der Waals surface area contributed by atoms with Gasteiger partial charge in [0.2, 0.25) is 0 Å². The van der Waals surface area contributed by atoms with Crippen LogP contribution in [-0.4, -0.2) is 61.6 Å². The Morgan fingerprint density at radius 3 is 0.780 bits per heavy atom. The van der Waals surface area contributed by atoms with Crippen molar-refractivity contribution in [3.8, 4) is 0 Å². The van der Waals surface area contributed by atoms with Gasteiger partial charge in [0, 0.05) is 24.6 Å². The number of nitrogens with zero attached hydrogens (tertiary/aromatic N) is 2. The topological polar surface area (TPSA) is 6.48 Å². The maximum atomic E-state index is 2.55. The van der Waals surface area contributed by atoms with Gasteiger partial charge in [-0.15, -0.1) is 0 Å². The molecular weight excluding hydrogens is 537 g/mol. The SMILES string of the molecule is CC.CCCCCCCCCCCCCCCCCCN(C)CCSSCCN(C)CCCCCCCCCCC. The van der Waals surface area contributed by atoms with Crippen LogP contribution >= 0.6 is 21.6 Å². The first-order valence-corrected chi connectivity index (χ1v) is 21.3. The smallest absolute Gasteiger partial charge is 0.0165 e. The van der Waals surface area contributed by atoms with Gasteiger partial charge in [0.05, 0.1) is 0 Å². The predicted octanol–water partition coefficient (Wildman–Crippen LogP) is 13.0. The Morgan fingerprint density at radius 2 is 0.537 bits per heavy atom. The minimum Gasteiger partial charge on any atom is -0.306 e. The van der Waals surface area contributed by atoms with Crippen LogP contribution in [0.5, 0.6) is 0 Å². The highest BCUT2D eigenvalue weighted by Gasteiger charge is 2.02. The molecule has 0 aromatic heterocycles. The van der Waals surface area contributed by atoms with Crippen LogP contribution in [-0.2, 0) is 0 Å². The van der Waals surface area contributed by atoms with E-state index in [1.54, 1.807) is 0 Å². The van der Waals surface area contributed by atoms with Crippen molar-refractivity contribution in [2.45, 2.75) is 188 Å². The first-order valence-electron chi connectivity index (χ1n) is 18.8. The monoisotopic (exact) mass is 617 g/mol. The van der Waals surface area contributed by atoms with Gasteiger partial charge in [-0.3, -0.25) is 0 Å². The molecule has 0 amide bonds. The van der Waals surface area contributed by atoms with Gasteiger partial charge in [0.15, 0.2) is 0 Å². The van der Waals surface area contributed by atoms with E-state index in [-0.39, 0.29) is 0 Å². The van der Waals surface area contributed by atoms with Gasteiger partial charge in [0.25, 0.3) is 0 Å². The first kappa shape index (κ1) is 43.7. The fourth-order valence-corrected chi connectivity index (χ4v) is 7.51. The lowest BCUT2D eigenvalue weighted by Crippen LogP contribution is -2.23. The maximum Gasteiger partial charge on any atom is 0.0165 e. The lowest BCUT2D eigenvalue weighted by Gasteiger charge is -2.17. The summed E-state index contributed by atoms with van der Waals surface area (Å²) in [5.74, 6) is 2.53. The summed E-state index contributed by atoms with van der Waals surface area (Å²) in [6.07, 6.45) is 36.1. The third-order valence-electron chi connectivity index (χ3n) is 8.23. The number of unbranched alkanes of at least 4 members (excludes halogenated alkanes) is 23. The fraction of sp³-hybridized carbons (Fsp3) is 1.00. The largest absolute Gasteiger partial charge is 0.306 e. The highest BCUT2D eigenvalue weighted by atomic mass is 33.1.